The van der Waals surface area contributed by atoms with Crippen LogP contribution in [0.25, 0.3) is 0 Å². The van der Waals surface area contributed by atoms with Gasteiger partial charge in [0, 0.05) is 37.8 Å². The molecule has 3 heterocycles. The Bertz CT molecular complexity index is 1290. The highest BCUT2D eigenvalue weighted by Crippen LogP contribution is 2.25. The molecule has 2 aromatic heterocycles. The molecule has 0 saturated carbocycles. The fraction of sp³-hybridized carbons (Fsp3) is 0.320. The number of rotatable bonds is 6. The third-order valence-electron chi connectivity index (χ3n) is 6.15. The Labute approximate surface area is 212 Å². The van der Waals surface area contributed by atoms with Crippen LogP contribution >= 0.6 is 0 Å². The summed E-state index contributed by atoms with van der Waals surface area (Å²) in [5, 5.41) is 14.0. The van der Waals surface area contributed by atoms with Gasteiger partial charge in [0.25, 0.3) is 5.91 Å². The predicted octanol–water partition coefficient (Wildman–Crippen LogP) is 2.74. The number of hydrogen-bond acceptors (Lipinski definition) is 7. The van der Waals surface area contributed by atoms with Crippen LogP contribution in [0.4, 0.5) is 14.6 Å². The number of ether oxygens (including phenoxy) is 1. The molecule has 1 aromatic carbocycles. The van der Waals surface area contributed by atoms with Crippen LogP contribution in [0.3, 0.4) is 0 Å². The van der Waals surface area contributed by atoms with E-state index in [1.807, 2.05) is 18.7 Å². The van der Waals surface area contributed by atoms with Gasteiger partial charge in [0.15, 0.2) is 29.8 Å². The number of aromatic nitrogens is 3. The second-order valence-corrected chi connectivity index (χ2v) is 9.27. The van der Waals surface area contributed by atoms with Crippen molar-refractivity contribution in [2.75, 3.05) is 25.0 Å². The molecule has 1 aliphatic rings. The van der Waals surface area contributed by atoms with Crippen LogP contribution < -0.4 is 14.8 Å². The average Bonchev–Trinajstić information content (AvgIpc) is 2.86. The third-order valence-corrected chi connectivity index (χ3v) is 6.15. The van der Waals surface area contributed by atoms with Gasteiger partial charge in [-0.1, -0.05) is 0 Å². The Morgan fingerprint density at radius 2 is 1.84 bits per heavy atom. The normalized spacial score (nSPS) is 16.2. The van der Waals surface area contributed by atoms with Crippen LogP contribution in [-0.4, -0.2) is 62.8 Å². The van der Waals surface area contributed by atoms with E-state index in [9.17, 15) is 23.6 Å². The van der Waals surface area contributed by atoms with Gasteiger partial charge < -0.3 is 20.2 Å². The first kappa shape index (κ1) is 25.9. The van der Waals surface area contributed by atoms with Crippen LogP contribution in [0.2, 0.25) is 0 Å². The first-order chi connectivity index (χ1) is 17.5. The van der Waals surface area contributed by atoms with E-state index in [2.05, 4.69) is 15.3 Å². The van der Waals surface area contributed by atoms with Crippen LogP contribution in [0.5, 0.6) is 11.6 Å². The van der Waals surface area contributed by atoms with Crippen LogP contribution in [0.1, 0.15) is 31.1 Å². The zero-order valence-corrected chi connectivity index (χ0v) is 20.5. The summed E-state index contributed by atoms with van der Waals surface area (Å²) in [5.74, 6) is -2.22. The van der Waals surface area contributed by atoms with Crippen LogP contribution in [0, 0.1) is 16.8 Å². The lowest BCUT2D eigenvalue weighted by Crippen LogP contribution is -2.63. The lowest BCUT2D eigenvalue weighted by Gasteiger charge is -2.48. The number of benzene rings is 1. The summed E-state index contributed by atoms with van der Waals surface area (Å²) in [6, 6.07) is 5.55. The van der Waals surface area contributed by atoms with E-state index in [4.69, 9.17) is 4.74 Å². The van der Waals surface area contributed by atoms with E-state index in [0.717, 1.165) is 12.1 Å². The monoisotopic (exact) mass is 512 g/mol. The molecule has 0 unspecified atom stereocenters. The first-order valence-corrected chi connectivity index (χ1v) is 11.5. The number of piperazine rings is 1. The Morgan fingerprint density at radius 1 is 1.11 bits per heavy atom. The molecule has 1 fully saturated rings. The lowest BCUT2D eigenvalue weighted by atomic mass is 9.96. The van der Waals surface area contributed by atoms with Gasteiger partial charge in [-0.3, -0.25) is 14.5 Å². The molecule has 1 aliphatic heterocycles. The third kappa shape index (κ3) is 5.97. The standard InChI is InChI=1S/C25H26F2N6O4/c1-16(31-10-11-33(25(2,3)15-31)24(35)17-6-8-32(36)9-7-17)23(34)30-21-13-29-22(14-28-21)37-18-4-5-19(26)20(27)12-18/h4-9,12-14,16H,10-11,15H2,1-3H3,(H,28,30,34)/t16-/m1/s1. The minimum atomic E-state index is -1.05. The second-order valence-electron chi connectivity index (χ2n) is 9.27. The summed E-state index contributed by atoms with van der Waals surface area (Å²) < 4.78 is 32.4. The number of hydrogen-bond donors (Lipinski definition) is 1. The van der Waals surface area contributed by atoms with E-state index < -0.39 is 23.2 Å². The molecule has 4 rings (SSSR count). The van der Waals surface area contributed by atoms with Gasteiger partial charge in [0.2, 0.25) is 11.8 Å². The molecule has 12 heteroatoms. The summed E-state index contributed by atoms with van der Waals surface area (Å²) in [4.78, 5) is 37.8. The minimum Gasteiger partial charge on any atom is -0.619 e. The number of anilines is 1. The highest BCUT2D eigenvalue weighted by atomic mass is 19.2. The van der Waals surface area contributed by atoms with Crippen molar-refractivity contribution in [2.24, 2.45) is 0 Å². The Balaban J connectivity index is 1.34. The van der Waals surface area contributed by atoms with Crippen molar-refractivity contribution in [2.45, 2.75) is 32.4 Å². The number of amides is 2. The largest absolute Gasteiger partial charge is 0.619 e. The molecular weight excluding hydrogens is 486 g/mol. The number of carbonyl (C=O) groups excluding carboxylic acids is 2. The maximum absolute atomic E-state index is 13.3. The van der Waals surface area contributed by atoms with Gasteiger partial charge >= 0.3 is 0 Å². The summed E-state index contributed by atoms with van der Waals surface area (Å²) in [5.41, 5.74) is -0.138. The van der Waals surface area contributed by atoms with Gasteiger partial charge in [-0.05, 0) is 32.9 Å². The van der Waals surface area contributed by atoms with E-state index in [0.29, 0.717) is 29.9 Å². The van der Waals surface area contributed by atoms with Gasteiger partial charge in [-0.2, -0.15) is 4.73 Å². The zero-order valence-electron chi connectivity index (χ0n) is 20.5. The molecule has 194 valence electrons. The zero-order chi connectivity index (χ0) is 26.7. The van der Waals surface area contributed by atoms with Crippen molar-refractivity contribution in [1.82, 2.24) is 19.8 Å². The second kappa shape index (κ2) is 10.4. The van der Waals surface area contributed by atoms with Crippen molar-refractivity contribution in [1.29, 1.82) is 0 Å². The number of carbonyl (C=O) groups is 2. The van der Waals surface area contributed by atoms with Gasteiger partial charge in [0.1, 0.15) is 5.75 Å². The highest BCUT2D eigenvalue weighted by molar-refractivity contribution is 5.95. The average molecular weight is 513 g/mol. The Morgan fingerprint density at radius 3 is 2.46 bits per heavy atom. The highest BCUT2D eigenvalue weighted by Gasteiger charge is 2.39. The van der Waals surface area contributed by atoms with E-state index in [-0.39, 0.29) is 29.3 Å². The fourth-order valence-electron chi connectivity index (χ4n) is 4.10. The van der Waals surface area contributed by atoms with Crippen molar-refractivity contribution in [3.05, 3.63) is 77.5 Å². The topological polar surface area (TPSA) is 115 Å². The number of nitrogens with zero attached hydrogens (tertiary/aromatic N) is 5. The molecule has 0 aliphatic carbocycles. The van der Waals surface area contributed by atoms with E-state index >= 15 is 0 Å². The quantitative estimate of drug-likeness (QED) is 0.399. The van der Waals surface area contributed by atoms with Crippen LogP contribution in [-0.2, 0) is 4.79 Å². The SMILES string of the molecule is C[C@H](C(=O)Nc1cnc(Oc2ccc(F)c(F)c2)cn1)N1CCN(C(=O)c2cc[n+]([O-])cc2)C(C)(C)C1. The van der Waals surface area contributed by atoms with Gasteiger partial charge in [-0.15, -0.1) is 0 Å². The van der Waals surface area contributed by atoms with Gasteiger partial charge in [-0.25, -0.2) is 18.7 Å². The summed E-state index contributed by atoms with van der Waals surface area (Å²) >= 11 is 0. The maximum atomic E-state index is 13.3. The molecule has 2 amide bonds. The molecule has 3 aromatic rings. The molecular formula is C25H26F2N6O4. The number of pyridine rings is 1. The van der Waals surface area contributed by atoms with Crippen molar-refractivity contribution in [3.63, 3.8) is 0 Å². The lowest BCUT2D eigenvalue weighted by molar-refractivity contribution is -0.605. The van der Waals surface area contributed by atoms with Crippen LogP contribution in [0.15, 0.2) is 55.1 Å². The molecule has 1 N–H and O–H groups in total. The molecule has 0 spiro atoms. The van der Waals surface area contributed by atoms with E-state index in [1.165, 1.54) is 43.0 Å². The molecule has 10 nitrogen and oxygen atoms in total. The van der Waals surface area contributed by atoms with Crippen molar-refractivity contribution in [3.8, 4) is 11.6 Å². The number of halogens is 2. The molecule has 1 saturated heterocycles. The number of nitrogens with one attached hydrogen (secondary N) is 1. The van der Waals surface area contributed by atoms with E-state index in [1.54, 1.807) is 11.8 Å². The summed E-state index contributed by atoms with van der Waals surface area (Å²) in [7, 11) is 0. The first-order valence-electron chi connectivity index (χ1n) is 11.5. The molecule has 37 heavy (non-hydrogen) atoms. The van der Waals surface area contributed by atoms with Crippen molar-refractivity contribution >= 4 is 17.6 Å². The van der Waals surface area contributed by atoms with Gasteiger partial charge in [0.05, 0.1) is 29.5 Å². The summed E-state index contributed by atoms with van der Waals surface area (Å²) in [6.07, 6.45) is 5.12. The van der Waals surface area contributed by atoms with Crippen molar-refractivity contribution < 1.29 is 27.8 Å². The molecule has 0 radical (unpaired) electrons. The molecule has 0 bridgehead atoms. The maximum Gasteiger partial charge on any atom is 0.254 e. The fourth-order valence-corrected chi connectivity index (χ4v) is 4.10. The predicted molar refractivity (Wildman–Crippen MR) is 129 cm³/mol. The summed E-state index contributed by atoms with van der Waals surface area (Å²) in [6.45, 7) is 6.96. The minimum absolute atomic E-state index is 0.0445. The Kier molecular flexibility index (Phi) is 7.30. The molecule has 1 atom stereocenters. The Hall–Kier alpha value is -4.19. The smallest absolute Gasteiger partial charge is 0.254 e.